The molecular formula is C12H22N2O2. The van der Waals surface area contributed by atoms with Crippen molar-refractivity contribution in [3.8, 4) is 0 Å². The van der Waals surface area contributed by atoms with Crippen LogP contribution in [0.4, 0.5) is 0 Å². The fourth-order valence-corrected chi connectivity index (χ4v) is 2.78. The molecule has 0 atom stereocenters. The summed E-state index contributed by atoms with van der Waals surface area (Å²) in [6.07, 6.45) is 7.52. The SMILES string of the molecule is NCC1(C(=O)N2CCCO2)CCCCCC1. The van der Waals surface area contributed by atoms with Crippen LogP contribution in [0.5, 0.6) is 0 Å². The Balaban J connectivity index is 2.08. The summed E-state index contributed by atoms with van der Waals surface area (Å²) < 4.78 is 0. The second-order valence-corrected chi connectivity index (χ2v) is 4.99. The van der Waals surface area contributed by atoms with Gasteiger partial charge in [0.25, 0.3) is 5.91 Å². The second-order valence-electron chi connectivity index (χ2n) is 4.99. The smallest absolute Gasteiger partial charge is 0.253 e. The highest BCUT2D eigenvalue weighted by Crippen LogP contribution is 2.36. The van der Waals surface area contributed by atoms with E-state index in [2.05, 4.69) is 0 Å². The molecule has 2 rings (SSSR count). The number of amides is 1. The monoisotopic (exact) mass is 226 g/mol. The van der Waals surface area contributed by atoms with E-state index in [1.165, 1.54) is 12.8 Å². The molecule has 2 fully saturated rings. The van der Waals surface area contributed by atoms with Crippen LogP contribution < -0.4 is 5.73 Å². The van der Waals surface area contributed by atoms with E-state index in [1.54, 1.807) is 5.06 Å². The first-order valence-corrected chi connectivity index (χ1v) is 6.43. The van der Waals surface area contributed by atoms with E-state index in [-0.39, 0.29) is 11.3 Å². The zero-order valence-electron chi connectivity index (χ0n) is 9.91. The predicted molar refractivity (Wildman–Crippen MR) is 61.5 cm³/mol. The molecule has 1 aliphatic carbocycles. The van der Waals surface area contributed by atoms with Crippen LogP contribution in [0.15, 0.2) is 0 Å². The topological polar surface area (TPSA) is 55.6 Å². The summed E-state index contributed by atoms with van der Waals surface area (Å²) in [6, 6.07) is 0. The molecule has 0 unspecified atom stereocenters. The molecule has 0 aromatic carbocycles. The minimum absolute atomic E-state index is 0.134. The molecule has 1 amide bonds. The van der Waals surface area contributed by atoms with Crippen LogP contribution >= 0.6 is 0 Å². The maximum Gasteiger partial charge on any atom is 0.253 e. The molecule has 0 spiro atoms. The maximum atomic E-state index is 12.4. The standard InChI is InChI=1S/C12H22N2O2/c13-10-12(6-3-1-2-4-7-12)11(15)14-8-5-9-16-14/h1-10,13H2. The van der Waals surface area contributed by atoms with Crippen LogP contribution in [-0.4, -0.2) is 30.7 Å². The lowest BCUT2D eigenvalue weighted by atomic mass is 9.79. The van der Waals surface area contributed by atoms with Gasteiger partial charge in [-0.15, -0.1) is 0 Å². The van der Waals surface area contributed by atoms with E-state index in [4.69, 9.17) is 10.6 Å². The van der Waals surface area contributed by atoms with Crippen LogP contribution in [0.3, 0.4) is 0 Å². The van der Waals surface area contributed by atoms with Gasteiger partial charge in [-0.3, -0.25) is 9.63 Å². The Morgan fingerprint density at radius 1 is 1.19 bits per heavy atom. The van der Waals surface area contributed by atoms with Gasteiger partial charge < -0.3 is 5.73 Å². The van der Waals surface area contributed by atoms with Crippen LogP contribution in [-0.2, 0) is 9.63 Å². The van der Waals surface area contributed by atoms with Gasteiger partial charge in [-0.2, -0.15) is 0 Å². The Hall–Kier alpha value is -0.610. The van der Waals surface area contributed by atoms with Gasteiger partial charge in [0.15, 0.2) is 0 Å². The van der Waals surface area contributed by atoms with Crippen molar-refractivity contribution < 1.29 is 9.63 Å². The molecule has 2 aliphatic rings. The minimum Gasteiger partial charge on any atom is -0.329 e. The summed E-state index contributed by atoms with van der Waals surface area (Å²) in [5.41, 5.74) is 5.54. The Kier molecular flexibility index (Phi) is 3.82. The lowest BCUT2D eigenvalue weighted by Crippen LogP contribution is -2.46. The molecule has 92 valence electrons. The van der Waals surface area contributed by atoms with Crippen molar-refractivity contribution >= 4 is 5.91 Å². The molecule has 0 aromatic heterocycles. The third kappa shape index (κ3) is 2.23. The van der Waals surface area contributed by atoms with Crippen molar-refractivity contribution in [1.82, 2.24) is 5.06 Å². The maximum absolute atomic E-state index is 12.4. The van der Waals surface area contributed by atoms with Crippen LogP contribution in [0.1, 0.15) is 44.9 Å². The number of hydrogen-bond donors (Lipinski definition) is 1. The molecule has 0 aromatic rings. The molecule has 1 saturated carbocycles. The first-order chi connectivity index (χ1) is 7.78. The largest absolute Gasteiger partial charge is 0.329 e. The zero-order chi connectivity index (χ0) is 11.4. The minimum atomic E-state index is -0.332. The van der Waals surface area contributed by atoms with E-state index in [0.29, 0.717) is 13.2 Å². The van der Waals surface area contributed by atoms with Crippen molar-refractivity contribution in [3.05, 3.63) is 0 Å². The quantitative estimate of drug-likeness (QED) is 0.725. The number of carbonyl (C=O) groups is 1. The van der Waals surface area contributed by atoms with Gasteiger partial charge in [0.05, 0.1) is 18.6 Å². The molecule has 1 heterocycles. The van der Waals surface area contributed by atoms with Gasteiger partial charge in [0.1, 0.15) is 0 Å². The Morgan fingerprint density at radius 2 is 1.88 bits per heavy atom. The third-order valence-electron chi connectivity index (χ3n) is 3.88. The van der Waals surface area contributed by atoms with Crippen molar-refractivity contribution in [2.45, 2.75) is 44.9 Å². The molecular weight excluding hydrogens is 204 g/mol. The van der Waals surface area contributed by atoms with Crippen molar-refractivity contribution in [3.63, 3.8) is 0 Å². The number of rotatable bonds is 2. The summed E-state index contributed by atoms with van der Waals surface area (Å²) in [6.45, 7) is 1.87. The molecule has 2 N–H and O–H groups in total. The van der Waals surface area contributed by atoms with Crippen LogP contribution in [0, 0.1) is 5.41 Å². The zero-order valence-corrected chi connectivity index (χ0v) is 9.91. The molecule has 16 heavy (non-hydrogen) atoms. The fourth-order valence-electron chi connectivity index (χ4n) is 2.78. The first-order valence-electron chi connectivity index (χ1n) is 6.43. The molecule has 4 nitrogen and oxygen atoms in total. The highest BCUT2D eigenvalue weighted by atomic mass is 16.7. The van der Waals surface area contributed by atoms with Crippen LogP contribution in [0.25, 0.3) is 0 Å². The van der Waals surface area contributed by atoms with Crippen molar-refractivity contribution in [2.75, 3.05) is 19.7 Å². The molecule has 0 radical (unpaired) electrons. The van der Waals surface area contributed by atoms with Crippen LogP contribution in [0.2, 0.25) is 0 Å². The third-order valence-corrected chi connectivity index (χ3v) is 3.88. The van der Waals surface area contributed by atoms with Gasteiger partial charge >= 0.3 is 0 Å². The van der Waals surface area contributed by atoms with Gasteiger partial charge in [-0.25, -0.2) is 5.06 Å². The summed E-state index contributed by atoms with van der Waals surface area (Å²) in [5.74, 6) is 0.134. The van der Waals surface area contributed by atoms with Crippen molar-refractivity contribution in [2.24, 2.45) is 11.1 Å². The normalized spacial score (nSPS) is 25.4. The number of hydrogen-bond acceptors (Lipinski definition) is 3. The van der Waals surface area contributed by atoms with E-state index in [1.807, 2.05) is 0 Å². The highest BCUT2D eigenvalue weighted by molar-refractivity contribution is 5.82. The number of hydroxylamine groups is 2. The van der Waals surface area contributed by atoms with E-state index >= 15 is 0 Å². The molecule has 1 aliphatic heterocycles. The molecule has 0 bridgehead atoms. The van der Waals surface area contributed by atoms with E-state index < -0.39 is 0 Å². The summed E-state index contributed by atoms with van der Waals surface area (Å²) >= 11 is 0. The van der Waals surface area contributed by atoms with Gasteiger partial charge in [0, 0.05) is 6.54 Å². The fraction of sp³-hybridized carbons (Fsp3) is 0.917. The number of nitrogens with zero attached hydrogens (tertiary/aromatic N) is 1. The summed E-state index contributed by atoms with van der Waals surface area (Å²) in [4.78, 5) is 17.8. The average molecular weight is 226 g/mol. The molecule has 4 heteroatoms. The molecule has 1 saturated heterocycles. The number of carbonyl (C=O) groups excluding carboxylic acids is 1. The number of nitrogens with two attached hydrogens (primary N) is 1. The Morgan fingerprint density at radius 3 is 2.38 bits per heavy atom. The lowest BCUT2D eigenvalue weighted by Gasteiger charge is -2.32. The first kappa shape index (κ1) is 11.9. The predicted octanol–water partition coefficient (Wildman–Crippen LogP) is 1.45. The van der Waals surface area contributed by atoms with E-state index in [0.717, 1.165) is 38.6 Å². The Labute approximate surface area is 97.1 Å². The van der Waals surface area contributed by atoms with Gasteiger partial charge in [-0.05, 0) is 19.3 Å². The summed E-state index contributed by atoms with van der Waals surface area (Å²) in [5, 5.41) is 1.55. The highest BCUT2D eigenvalue weighted by Gasteiger charge is 2.41. The second kappa shape index (κ2) is 5.15. The van der Waals surface area contributed by atoms with Gasteiger partial charge in [-0.1, -0.05) is 25.7 Å². The average Bonchev–Trinajstić information content (AvgIpc) is 2.73. The summed E-state index contributed by atoms with van der Waals surface area (Å²) in [7, 11) is 0. The van der Waals surface area contributed by atoms with E-state index in [9.17, 15) is 4.79 Å². The Bertz CT molecular complexity index is 241. The van der Waals surface area contributed by atoms with Gasteiger partial charge in [0.2, 0.25) is 0 Å². The van der Waals surface area contributed by atoms with Crippen molar-refractivity contribution in [1.29, 1.82) is 0 Å². The lowest BCUT2D eigenvalue weighted by molar-refractivity contribution is -0.180.